The van der Waals surface area contributed by atoms with Gasteiger partial charge in [0.25, 0.3) is 0 Å². The van der Waals surface area contributed by atoms with Gasteiger partial charge < -0.3 is 5.32 Å². The number of hydrogen-bond acceptors (Lipinski definition) is 2. The molecular weight excluding hydrogens is 251 g/mol. The zero-order chi connectivity index (χ0) is 14.8. The number of likely N-dealkylation sites (N-methyl/N-ethyl adjacent to an activating group) is 1. The molecule has 1 aliphatic heterocycles. The average molecular weight is 278 g/mol. The summed E-state index contributed by atoms with van der Waals surface area (Å²) in [6.07, 6.45) is 3.54. The highest BCUT2D eigenvalue weighted by molar-refractivity contribution is 5.28. The molecule has 112 valence electrons. The van der Waals surface area contributed by atoms with Crippen LogP contribution in [0.4, 0.5) is 4.39 Å². The van der Waals surface area contributed by atoms with E-state index in [9.17, 15) is 4.39 Å². The van der Waals surface area contributed by atoms with Gasteiger partial charge in [-0.3, -0.25) is 4.90 Å². The maximum Gasteiger partial charge on any atom is 0.123 e. The summed E-state index contributed by atoms with van der Waals surface area (Å²) < 4.78 is 13.2. The highest BCUT2D eigenvalue weighted by atomic mass is 19.1. The van der Waals surface area contributed by atoms with Gasteiger partial charge in [-0.2, -0.15) is 0 Å². The van der Waals surface area contributed by atoms with E-state index in [0.29, 0.717) is 6.04 Å². The lowest BCUT2D eigenvalue weighted by Gasteiger charge is -2.42. The van der Waals surface area contributed by atoms with Gasteiger partial charge >= 0.3 is 0 Å². The zero-order valence-corrected chi connectivity index (χ0v) is 13.2. The average Bonchev–Trinajstić information content (AvgIpc) is 2.92. The molecule has 1 saturated heterocycles. The number of benzene rings is 1. The summed E-state index contributed by atoms with van der Waals surface area (Å²) in [7, 11) is 2.03. The fourth-order valence-electron chi connectivity index (χ4n) is 3.33. The minimum atomic E-state index is -0.147. The SMILES string of the molecule is CNC(Cc1ccc(F)cc1C)C(C)(C)N1CCCC1. The van der Waals surface area contributed by atoms with Crippen molar-refractivity contribution in [3.63, 3.8) is 0 Å². The molecule has 1 aromatic rings. The van der Waals surface area contributed by atoms with Gasteiger partial charge in [-0.1, -0.05) is 6.07 Å². The Labute approximate surface area is 122 Å². The Bertz CT molecular complexity index is 450. The van der Waals surface area contributed by atoms with Crippen LogP contribution in [0.5, 0.6) is 0 Å². The molecule has 1 aliphatic rings. The van der Waals surface area contributed by atoms with E-state index in [-0.39, 0.29) is 11.4 Å². The Morgan fingerprint density at radius 2 is 1.95 bits per heavy atom. The predicted octanol–water partition coefficient (Wildman–Crippen LogP) is 3.14. The molecule has 1 atom stereocenters. The molecule has 3 heteroatoms. The van der Waals surface area contributed by atoms with Crippen LogP contribution in [0.3, 0.4) is 0 Å². The molecular formula is C17H27FN2. The molecule has 1 fully saturated rings. The van der Waals surface area contributed by atoms with Gasteiger partial charge in [0.05, 0.1) is 0 Å². The molecule has 0 radical (unpaired) electrons. The molecule has 2 rings (SSSR count). The summed E-state index contributed by atoms with van der Waals surface area (Å²) in [5.74, 6) is -0.147. The Balaban J connectivity index is 2.15. The molecule has 1 N–H and O–H groups in total. The van der Waals surface area contributed by atoms with Crippen LogP contribution < -0.4 is 5.32 Å². The Hall–Kier alpha value is -0.930. The highest BCUT2D eigenvalue weighted by Crippen LogP contribution is 2.27. The van der Waals surface area contributed by atoms with E-state index in [4.69, 9.17) is 0 Å². The number of nitrogens with zero attached hydrogens (tertiary/aromatic N) is 1. The lowest BCUT2D eigenvalue weighted by Crippen LogP contribution is -2.57. The summed E-state index contributed by atoms with van der Waals surface area (Å²) in [5, 5.41) is 3.47. The van der Waals surface area contributed by atoms with Gasteiger partial charge in [-0.25, -0.2) is 4.39 Å². The third-order valence-corrected chi connectivity index (χ3v) is 4.85. The summed E-state index contributed by atoms with van der Waals surface area (Å²) in [6.45, 7) is 9.01. The van der Waals surface area contributed by atoms with Crippen LogP contribution in [0.1, 0.15) is 37.8 Å². The van der Waals surface area contributed by atoms with E-state index in [2.05, 4.69) is 24.1 Å². The van der Waals surface area contributed by atoms with E-state index in [1.54, 1.807) is 12.1 Å². The molecule has 1 unspecified atom stereocenters. The first-order chi connectivity index (χ1) is 9.45. The molecule has 0 bridgehead atoms. The van der Waals surface area contributed by atoms with Gasteiger partial charge in [-0.15, -0.1) is 0 Å². The molecule has 20 heavy (non-hydrogen) atoms. The van der Waals surface area contributed by atoms with E-state index in [1.807, 2.05) is 20.0 Å². The minimum absolute atomic E-state index is 0.117. The quantitative estimate of drug-likeness (QED) is 0.890. The predicted molar refractivity (Wildman–Crippen MR) is 82.6 cm³/mol. The van der Waals surface area contributed by atoms with E-state index >= 15 is 0 Å². The van der Waals surface area contributed by atoms with Crippen LogP contribution in [0.2, 0.25) is 0 Å². The second-order valence-corrected chi connectivity index (χ2v) is 6.46. The topological polar surface area (TPSA) is 15.3 Å². The maximum atomic E-state index is 13.2. The molecule has 1 heterocycles. The van der Waals surface area contributed by atoms with Gasteiger partial charge in [0.2, 0.25) is 0 Å². The van der Waals surface area contributed by atoms with Crippen LogP contribution in [0.15, 0.2) is 18.2 Å². The van der Waals surface area contributed by atoms with Crippen molar-refractivity contribution < 1.29 is 4.39 Å². The van der Waals surface area contributed by atoms with Crippen LogP contribution >= 0.6 is 0 Å². The van der Waals surface area contributed by atoms with Crippen LogP contribution in [-0.4, -0.2) is 36.6 Å². The first kappa shape index (κ1) is 15.5. The molecule has 1 aromatic carbocycles. The standard InChI is InChI=1S/C17H27FN2/c1-13-11-15(18)8-7-14(13)12-16(19-4)17(2,3)20-9-5-6-10-20/h7-8,11,16,19H,5-6,9-10,12H2,1-4H3. The van der Waals surface area contributed by atoms with Gasteiger partial charge in [-0.05, 0) is 83.4 Å². The molecule has 2 nitrogen and oxygen atoms in total. The fourth-order valence-corrected chi connectivity index (χ4v) is 3.33. The Kier molecular flexibility index (Phi) is 4.82. The minimum Gasteiger partial charge on any atom is -0.315 e. The number of halogens is 1. The van der Waals surface area contributed by atoms with Crippen molar-refractivity contribution in [3.8, 4) is 0 Å². The molecule has 0 saturated carbocycles. The normalized spacial score (nSPS) is 18.4. The van der Waals surface area contributed by atoms with E-state index in [1.165, 1.54) is 31.5 Å². The smallest absolute Gasteiger partial charge is 0.123 e. The fraction of sp³-hybridized carbons (Fsp3) is 0.647. The van der Waals surface area contributed by atoms with Crippen molar-refractivity contribution in [2.24, 2.45) is 0 Å². The number of rotatable bonds is 5. The van der Waals surface area contributed by atoms with E-state index < -0.39 is 0 Å². The van der Waals surface area contributed by atoms with Crippen molar-refractivity contribution in [3.05, 3.63) is 35.1 Å². The first-order valence-corrected chi connectivity index (χ1v) is 7.62. The lowest BCUT2D eigenvalue weighted by atomic mass is 9.86. The van der Waals surface area contributed by atoms with Crippen LogP contribution in [-0.2, 0) is 6.42 Å². The molecule has 0 aliphatic carbocycles. The van der Waals surface area contributed by atoms with Gasteiger partial charge in [0, 0.05) is 11.6 Å². The Morgan fingerprint density at radius 1 is 1.30 bits per heavy atom. The van der Waals surface area contributed by atoms with Crippen molar-refractivity contribution >= 4 is 0 Å². The van der Waals surface area contributed by atoms with E-state index in [0.717, 1.165) is 12.0 Å². The van der Waals surface area contributed by atoms with Gasteiger partial charge in [0.1, 0.15) is 5.82 Å². The second kappa shape index (κ2) is 6.23. The third kappa shape index (κ3) is 3.21. The maximum absolute atomic E-state index is 13.2. The van der Waals surface area contributed by atoms with Crippen molar-refractivity contribution in [1.82, 2.24) is 10.2 Å². The summed E-state index contributed by atoms with van der Waals surface area (Å²) in [4.78, 5) is 2.58. The number of nitrogens with one attached hydrogen (secondary N) is 1. The molecule has 0 amide bonds. The Morgan fingerprint density at radius 3 is 2.50 bits per heavy atom. The summed E-state index contributed by atoms with van der Waals surface area (Å²) in [6, 6.07) is 5.49. The van der Waals surface area contributed by atoms with Crippen molar-refractivity contribution in [2.45, 2.75) is 51.6 Å². The third-order valence-electron chi connectivity index (χ3n) is 4.85. The summed E-state index contributed by atoms with van der Waals surface area (Å²) >= 11 is 0. The summed E-state index contributed by atoms with van der Waals surface area (Å²) in [5.41, 5.74) is 2.40. The molecule has 0 aromatic heterocycles. The van der Waals surface area contributed by atoms with Crippen LogP contribution in [0, 0.1) is 12.7 Å². The van der Waals surface area contributed by atoms with Gasteiger partial charge in [0.15, 0.2) is 0 Å². The number of aryl methyl sites for hydroxylation is 1. The largest absolute Gasteiger partial charge is 0.315 e. The molecule has 0 spiro atoms. The monoisotopic (exact) mass is 278 g/mol. The van der Waals surface area contributed by atoms with Crippen molar-refractivity contribution in [1.29, 1.82) is 0 Å². The van der Waals surface area contributed by atoms with Crippen LogP contribution in [0.25, 0.3) is 0 Å². The first-order valence-electron chi connectivity index (χ1n) is 7.62. The number of likely N-dealkylation sites (tertiary alicyclic amines) is 1. The lowest BCUT2D eigenvalue weighted by molar-refractivity contribution is 0.110. The van der Waals surface area contributed by atoms with Crippen molar-refractivity contribution in [2.75, 3.05) is 20.1 Å². The number of hydrogen-bond donors (Lipinski definition) is 1. The highest BCUT2D eigenvalue weighted by Gasteiger charge is 2.36. The second-order valence-electron chi connectivity index (χ2n) is 6.46. The zero-order valence-electron chi connectivity index (χ0n) is 13.2.